The average molecular weight is 345 g/mol. The van der Waals surface area contributed by atoms with E-state index >= 15 is 0 Å². The molecule has 1 amide bonds. The first kappa shape index (κ1) is 17.5. The van der Waals surface area contributed by atoms with Crippen LogP contribution in [0.1, 0.15) is 32.1 Å². The van der Waals surface area contributed by atoms with Crippen molar-refractivity contribution >= 4 is 23.3 Å². The smallest absolute Gasteiger partial charge is 0.343 e. The minimum Gasteiger partial charge on any atom is -0.482 e. The molecule has 3 rings (SSSR count). The van der Waals surface area contributed by atoms with Gasteiger partial charge >= 0.3 is 5.97 Å². The molecule has 134 valence electrons. The van der Waals surface area contributed by atoms with Crippen LogP contribution >= 0.6 is 0 Å². The molecule has 0 saturated heterocycles. The Kier molecular flexibility index (Phi) is 5.36. The van der Waals surface area contributed by atoms with Crippen LogP contribution in [0.4, 0.5) is 5.69 Å². The van der Waals surface area contributed by atoms with Gasteiger partial charge in [0.25, 0.3) is 0 Å². The van der Waals surface area contributed by atoms with Crippen LogP contribution in [-0.2, 0) is 19.1 Å². The summed E-state index contributed by atoms with van der Waals surface area (Å²) in [6.07, 6.45) is 4.28. The van der Waals surface area contributed by atoms with Crippen LogP contribution in [0.15, 0.2) is 24.3 Å². The van der Waals surface area contributed by atoms with E-state index in [1.165, 1.54) is 7.11 Å². The molecule has 25 heavy (non-hydrogen) atoms. The van der Waals surface area contributed by atoms with Gasteiger partial charge in [0.05, 0.1) is 7.11 Å². The molecule has 1 N–H and O–H groups in total. The lowest BCUT2D eigenvalue weighted by molar-refractivity contribution is -0.143. The predicted molar refractivity (Wildman–Crippen MR) is 91.1 cm³/mol. The van der Waals surface area contributed by atoms with Crippen molar-refractivity contribution in [2.75, 3.05) is 19.0 Å². The van der Waals surface area contributed by atoms with Gasteiger partial charge in [0, 0.05) is 23.4 Å². The highest BCUT2D eigenvalue weighted by Crippen LogP contribution is 2.40. The summed E-state index contributed by atoms with van der Waals surface area (Å²) in [6, 6.07) is 6.86. The fraction of sp³-hybridized carbons (Fsp3) is 0.526. The molecular formula is C19H23NO5. The Hall–Kier alpha value is -2.37. The number of carbonyl (C=O) groups excluding carboxylic acids is 3. The number of nitrogens with one attached hydrogen (secondary N) is 1. The molecule has 0 spiro atoms. The quantitative estimate of drug-likeness (QED) is 0.830. The zero-order valence-electron chi connectivity index (χ0n) is 14.3. The lowest BCUT2D eigenvalue weighted by atomic mass is 9.67. The summed E-state index contributed by atoms with van der Waals surface area (Å²) in [4.78, 5) is 35.7. The van der Waals surface area contributed by atoms with Crippen LogP contribution in [0.3, 0.4) is 0 Å². The first-order valence-electron chi connectivity index (χ1n) is 8.71. The summed E-state index contributed by atoms with van der Waals surface area (Å²) >= 11 is 0. The van der Waals surface area contributed by atoms with Gasteiger partial charge in [-0.3, -0.25) is 9.59 Å². The van der Waals surface area contributed by atoms with Crippen molar-refractivity contribution in [1.82, 2.24) is 0 Å². The van der Waals surface area contributed by atoms with Gasteiger partial charge in [-0.15, -0.1) is 0 Å². The summed E-state index contributed by atoms with van der Waals surface area (Å²) in [5.74, 6) is 0.462. The molecule has 0 aliphatic heterocycles. The number of benzene rings is 1. The van der Waals surface area contributed by atoms with Gasteiger partial charge in [0.15, 0.2) is 6.61 Å². The van der Waals surface area contributed by atoms with Crippen molar-refractivity contribution in [3.63, 3.8) is 0 Å². The minimum absolute atomic E-state index is 0.0207. The highest BCUT2D eigenvalue weighted by molar-refractivity contribution is 5.95. The Morgan fingerprint density at radius 2 is 1.76 bits per heavy atom. The molecule has 0 aromatic heterocycles. The van der Waals surface area contributed by atoms with Crippen molar-refractivity contribution in [2.24, 2.45) is 17.8 Å². The molecule has 2 bridgehead atoms. The highest BCUT2D eigenvalue weighted by atomic mass is 16.6. The normalized spacial score (nSPS) is 25.2. The standard InChI is InChI=1S/C19H23NO5/c1-24-17(21)11-25-16-7-5-15(6-8-16)20-19(23)14-9-12-3-2-4-13(10-14)18(12)22/h5-8,12-14H,2-4,9-11H2,1H3,(H,20,23)/t12-,13+,14?. The SMILES string of the molecule is COC(=O)COc1ccc(NC(=O)C2C[C@H]3CCC[C@@H](C2)C3=O)cc1. The number of carbonyl (C=O) groups is 3. The molecule has 3 atom stereocenters. The largest absolute Gasteiger partial charge is 0.482 e. The van der Waals surface area contributed by atoms with Gasteiger partial charge in [-0.05, 0) is 49.9 Å². The topological polar surface area (TPSA) is 81.7 Å². The number of hydrogen-bond donors (Lipinski definition) is 1. The maximum absolute atomic E-state index is 12.5. The van der Waals surface area contributed by atoms with E-state index in [2.05, 4.69) is 10.1 Å². The molecule has 2 aliphatic carbocycles. The Labute approximate surface area is 146 Å². The van der Waals surface area contributed by atoms with E-state index in [4.69, 9.17) is 4.74 Å². The van der Waals surface area contributed by atoms with Crippen LogP contribution in [-0.4, -0.2) is 31.4 Å². The second-order valence-electron chi connectivity index (χ2n) is 6.77. The fourth-order valence-electron chi connectivity index (χ4n) is 3.77. The van der Waals surface area contributed by atoms with Crippen molar-refractivity contribution in [1.29, 1.82) is 0 Å². The fourth-order valence-corrected chi connectivity index (χ4v) is 3.77. The van der Waals surface area contributed by atoms with E-state index in [9.17, 15) is 14.4 Å². The number of esters is 1. The number of hydrogen-bond acceptors (Lipinski definition) is 5. The second kappa shape index (κ2) is 7.68. The van der Waals surface area contributed by atoms with Gasteiger partial charge in [-0.2, -0.15) is 0 Å². The number of fused-ring (bicyclic) bond motifs is 2. The van der Waals surface area contributed by atoms with Gasteiger partial charge in [0.2, 0.25) is 5.91 Å². The maximum atomic E-state index is 12.5. The van der Waals surface area contributed by atoms with Crippen LogP contribution in [0.2, 0.25) is 0 Å². The van der Waals surface area contributed by atoms with Crippen molar-refractivity contribution < 1.29 is 23.9 Å². The van der Waals surface area contributed by atoms with E-state index in [0.29, 0.717) is 30.1 Å². The Morgan fingerprint density at radius 1 is 1.12 bits per heavy atom. The zero-order valence-corrected chi connectivity index (χ0v) is 14.3. The summed E-state index contributed by atoms with van der Waals surface area (Å²) < 4.78 is 9.78. The average Bonchev–Trinajstić information content (AvgIpc) is 2.60. The third kappa shape index (κ3) is 4.18. The van der Waals surface area contributed by atoms with Crippen molar-refractivity contribution in [3.8, 4) is 5.75 Å². The van der Waals surface area contributed by atoms with Gasteiger partial charge in [0.1, 0.15) is 11.5 Å². The van der Waals surface area contributed by atoms with Gasteiger partial charge < -0.3 is 14.8 Å². The maximum Gasteiger partial charge on any atom is 0.343 e. The van der Waals surface area contributed by atoms with Crippen LogP contribution in [0, 0.1) is 17.8 Å². The van der Waals surface area contributed by atoms with Gasteiger partial charge in [-0.1, -0.05) is 6.42 Å². The van der Waals surface area contributed by atoms with E-state index in [0.717, 1.165) is 19.3 Å². The molecule has 6 heteroatoms. The van der Waals surface area contributed by atoms with E-state index in [-0.39, 0.29) is 30.3 Å². The van der Waals surface area contributed by atoms with Crippen LogP contribution in [0.25, 0.3) is 0 Å². The number of methoxy groups -OCH3 is 1. The first-order valence-corrected chi connectivity index (χ1v) is 8.71. The molecule has 0 heterocycles. The molecule has 1 unspecified atom stereocenters. The van der Waals surface area contributed by atoms with E-state index in [1.54, 1.807) is 24.3 Å². The van der Waals surface area contributed by atoms with Crippen LogP contribution in [0.5, 0.6) is 5.75 Å². The van der Waals surface area contributed by atoms with E-state index < -0.39 is 5.97 Å². The molecular weight excluding hydrogens is 322 g/mol. The molecule has 1 aromatic carbocycles. The molecule has 2 aliphatic rings. The first-order chi connectivity index (χ1) is 12.1. The van der Waals surface area contributed by atoms with Gasteiger partial charge in [-0.25, -0.2) is 4.79 Å². The molecule has 2 saturated carbocycles. The Bertz CT molecular complexity index is 638. The lowest BCUT2D eigenvalue weighted by Gasteiger charge is -2.36. The molecule has 1 aromatic rings. The number of ketones is 1. The summed E-state index contributed by atoms with van der Waals surface area (Å²) in [6.45, 7) is -0.152. The van der Waals surface area contributed by atoms with Crippen LogP contribution < -0.4 is 10.1 Å². The highest BCUT2D eigenvalue weighted by Gasteiger charge is 2.41. The van der Waals surface area contributed by atoms with Crippen molar-refractivity contribution in [3.05, 3.63) is 24.3 Å². The predicted octanol–water partition coefficient (Wildman–Crippen LogP) is 2.57. The van der Waals surface area contributed by atoms with Crippen molar-refractivity contribution in [2.45, 2.75) is 32.1 Å². The Morgan fingerprint density at radius 3 is 2.36 bits per heavy atom. The Balaban J connectivity index is 1.54. The number of anilines is 1. The molecule has 0 radical (unpaired) electrons. The monoisotopic (exact) mass is 345 g/mol. The third-order valence-corrected chi connectivity index (χ3v) is 5.12. The number of ether oxygens (including phenoxy) is 2. The van der Waals surface area contributed by atoms with E-state index in [1.807, 2.05) is 0 Å². The summed E-state index contributed by atoms with van der Waals surface area (Å²) in [5.41, 5.74) is 0.678. The number of amides is 1. The molecule has 6 nitrogen and oxygen atoms in total. The minimum atomic E-state index is -0.449. The third-order valence-electron chi connectivity index (χ3n) is 5.12. The summed E-state index contributed by atoms with van der Waals surface area (Å²) in [7, 11) is 1.30. The number of Topliss-reactive ketones (excluding diaryl/α,β-unsaturated/α-hetero) is 1. The number of rotatable bonds is 5. The zero-order chi connectivity index (χ0) is 17.8. The second-order valence-corrected chi connectivity index (χ2v) is 6.77. The molecule has 2 fully saturated rings. The summed E-state index contributed by atoms with van der Waals surface area (Å²) in [5, 5.41) is 2.92. The lowest BCUT2D eigenvalue weighted by Crippen LogP contribution is -2.40.